The van der Waals surface area contributed by atoms with Crippen LogP contribution in [0.15, 0.2) is 64.1 Å². The van der Waals surface area contributed by atoms with Crippen LogP contribution in [0.3, 0.4) is 0 Å². The van der Waals surface area contributed by atoms with E-state index >= 15 is 0 Å². The van der Waals surface area contributed by atoms with Gasteiger partial charge in [0.15, 0.2) is 5.09 Å². The Balaban J connectivity index is 1.81. The van der Waals surface area contributed by atoms with E-state index in [1.54, 1.807) is 12.1 Å². The van der Waals surface area contributed by atoms with Crippen molar-refractivity contribution in [3.05, 3.63) is 65.7 Å². The molecule has 0 spiro atoms. The lowest BCUT2D eigenvalue weighted by Gasteiger charge is -2.03. The van der Waals surface area contributed by atoms with Crippen LogP contribution in [0.25, 0.3) is 11.0 Å². The Morgan fingerprint density at radius 2 is 1.85 bits per heavy atom. The fourth-order valence-corrected chi connectivity index (χ4v) is 2.94. The highest BCUT2D eigenvalue weighted by Gasteiger charge is 2.10. The summed E-state index contributed by atoms with van der Waals surface area (Å²) in [6.45, 7) is 0. The van der Waals surface area contributed by atoms with Gasteiger partial charge in [-0.25, -0.2) is 4.79 Å². The first-order valence-electron chi connectivity index (χ1n) is 6.16. The first kappa shape index (κ1) is 12.8. The molecule has 0 saturated heterocycles. The highest BCUT2D eigenvalue weighted by molar-refractivity contribution is 7.98. The van der Waals surface area contributed by atoms with Gasteiger partial charge in [0.1, 0.15) is 5.58 Å². The monoisotopic (exact) mass is 284 g/mol. The average molecular weight is 284 g/mol. The number of hydrogen-bond donors (Lipinski definition) is 1. The Kier molecular flexibility index (Phi) is 3.48. The summed E-state index contributed by atoms with van der Waals surface area (Å²) in [5.74, 6) is -0.326. The van der Waals surface area contributed by atoms with Crippen LogP contribution < -0.4 is 0 Å². The second kappa shape index (κ2) is 5.43. The number of thioether (sulfide) groups is 1. The minimum absolute atomic E-state index is 0.344. The normalized spacial score (nSPS) is 10.8. The van der Waals surface area contributed by atoms with E-state index in [9.17, 15) is 4.79 Å². The highest BCUT2D eigenvalue weighted by Crippen LogP contribution is 2.30. The van der Waals surface area contributed by atoms with Crippen molar-refractivity contribution in [3.8, 4) is 0 Å². The summed E-state index contributed by atoms with van der Waals surface area (Å²) in [6, 6.07) is 16.8. The number of furan rings is 1. The smallest absolute Gasteiger partial charge is 0.335 e. The van der Waals surface area contributed by atoms with E-state index in [1.165, 1.54) is 11.8 Å². The predicted octanol–water partition coefficient (Wildman–Crippen LogP) is 4.42. The maximum atomic E-state index is 11.1. The van der Waals surface area contributed by atoms with Crippen LogP contribution >= 0.6 is 11.8 Å². The molecule has 3 rings (SSSR count). The number of hydrogen-bond acceptors (Lipinski definition) is 3. The molecule has 0 aliphatic carbocycles. The average Bonchev–Trinajstić information content (AvgIpc) is 2.88. The molecule has 1 aromatic heterocycles. The van der Waals surface area contributed by atoms with Crippen molar-refractivity contribution in [1.29, 1.82) is 0 Å². The molecule has 3 aromatic rings. The van der Waals surface area contributed by atoms with Gasteiger partial charge in [-0.15, -0.1) is 0 Å². The SMILES string of the molecule is O=C(O)c1ccccc1CSc1cc2ccccc2o1. The van der Waals surface area contributed by atoms with Crippen LogP contribution in [-0.4, -0.2) is 11.1 Å². The van der Waals surface area contributed by atoms with Gasteiger partial charge in [0.2, 0.25) is 0 Å². The summed E-state index contributed by atoms with van der Waals surface area (Å²) in [5, 5.41) is 11.0. The third kappa shape index (κ3) is 2.56. The Hall–Kier alpha value is -2.20. The van der Waals surface area contributed by atoms with Gasteiger partial charge in [0.05, 0.1) is 5.56 Å². The second-order valence-electron chi connectivity index (χ2n) is 4.35. The molecule has 0 aliphatic rings. The molecule has 0 radical (unpaired) electrons. The summed E-state index contributed by atoms with van der Waals surface area (Å²) < 4.78 is 5.71. The topological polar surface area (TPSA) is 50.4 Å². The molecule has 2 aromatic carbocycles. The Bertz CT molecular complexity index is 728. The van der Waals surface area contributed by atoms with E-state index in [4.69, 9.17) is 9.52 Å². The fraction of sp³-hybridized carbons (Fsp3) is 0.0625. The molecule has 20 heavy (non-hydrogen) atoms. The Morgan fingerprint density at radius 3 is 2.65 bits per heavy atom. The zero-order valence-electron chi connectivity index (χ0n) is 10.6. The molecule has 4 heteroatoms. The Morgan fingerprint density at radius 1 is 1.10 bits per heavy atom. The van der Waals surface area contributed by atoms with E-state index in [2.05, 4.69) is 0 Å². The zero-order valence-corrected chi connectivity index (χ0v) is 11.4. The molecule has 0 aliphatic heterocycles. The van der Waals surface area contributed by atoms with Crippen molar-refractivity contribution >= 4 is 28.7 Å². The van der Waals surface area contributed by atoms with Gasteiger partial charge in [-0.2, -0.15) is 0 Å². The zero-order chi connectivity index (χ0) is 13.9. The number of carbonyl (C=O) groups is 1. The summed E-state index contributed by atoms with van der Waals surface area (Å²) in [4.78, 5) is 11.1. The van der Waals surface area contributed by atoms with E-state index < -0.39 is 5.97 Å². The molecule has 0 saturated carbocycles. The number of para-hydroxylation sites is 1. The standard InChI is InChI=1S/C16H12O3S/c17-16(18)13-7-3-1-6-12(13)10-20-15-9-11-5-2-4-8-14(11)19-15/h1-9H,10H2,(H,17,18). The number of fused-ring (bicyclic) bond motifs is 1. The third-order valence-electron chi connectivity index (χ3n) is 3.02. The van der Waals surface area contributed by atoms with Gasteiger partial charge >= 0.3 is 5.97 Å². The van der Waals surface area contributed by atoms with Crippen molar-refractivity contribution in [1.82, 2.24) is 0 Å². The second-order valence-corrected chi connectivity index (χ2v) is 5.33. The number of benzene rings is 2. The summed E-state index contributed by atoms with van der Waals surface area (Å²) in [7, 11) is 0. The van der Waals surface area contributed by atoms with Crippen LogP contribution in [0.5, 0.6) is 0 Å². The Labute approximate surface area is 120 Å². The van der Waals surface area contributed by atoms with Crippen molar-refractivity contribution in [2.45, 2.75) is 10.8 Å². The van der Waals surface area contributed by atoms with Gasteiger partial charge in [0, 0.05) is 11.1 Å². The quantitative estimate of drug-likeness (QED) is 0.720. The van der Waals surface area contributed by atoms with Crippen molar-refractivity contribution in [3.63, 3.8) is 0 Å². The van der Waals surface area contributed by atoms with Crippen LogP contribution in [0.4, 0.5) is 0 Å². The molecular formula is C16H12O3S. The number of carboxylic acids is 1. The van der Waals surface area contributed by atoms with Gasteiger partial charge in [-0.1, -0.05) is 48.2 Å². The maximum Gasteiger partial charge on any atom is 0.335 e. The fourth-order valence-electron chi connectivity index (χ4n) is 2.03. The lowest BCUT2D eigenvalue weighted by Crippen LogP contribution is -2.00. The van der Waals surface area contributed by atoms with E-state index in [0.29, 0.717) is 11.3 Å². The summed E-state index contributed by atoms with van der Waals surface area (Å²) >= 11 is 1.50. The minimum Gasteiger partial charge on any atom is -0.478 e. The first-order valence-corrected chi connectivity index (χ1v) is 7.15. The van der Waals surface area contributed by atoms with Crippen LogP contribution in [0.1, 0.15) is 15.9 Å². The molecule has 1 N–H and O–H groups in total. The molecule has 1 heterocycles. The summed E-state index contributed by atoms with van der Waals surface area (Å²) in [6.07, 6.45) is 0. The maximum absolute atomic E-state index is 11.1. The largest absolute Gasteiger partial charge is 0.478 e. The highest BCUT2D eigenvalue weighted by atomic mass is 32.2. The molecule has 100 valence electrons. The van der Waals surface area contributed by atoms with Crippen molar-refractivity contribution in [2.75, 3.05) is 0 Å². The minimum atomic E-state index is -0.897. The number of rotatable bonds is 4. The van der Waals surface area contributed by atoms with Gasteiger partial charge in [0.25, 0.3) is 0 Å². The molecule has 0 amide bonds. The molecule has 0 unspecified atom stereocenters. The number of carboxylic acid groups (broad SMARTS) is 1. The molecular weight excluding hydrogens is 272 g/mol. The van der Waals surface area contributed by atoms with Crippen LogP contribution in [-0.2, 0) is 5.75 Å². The first-order chi connectivity index (χ1) is 9.74. The lowest BCUT2D eigenvalue weighted by atomic mass is 10.1. The molecule has 0 atom stereocenters. The van der Waals surface area contributed by atoms with Gasteiger partial charge in [-0.3, -0.25) is 0 Å². The van der Waals surface area contributed by atoms with Crippen molar-refractivity contribution < 1.29 is 14.3 Å². The van der Waals surface area contributed by atoms with E-state index in [1.807, 2.05) is 42.5 Å². The molecule has 3 nitrogen and oxygen atoms in total. The number of aromatic carboxylic acids is 1. The van der Waals surface area contributed by atoms with E-state index in [-0.39, 0.29) is 0 Å². The van der Waals surface area contributed by atoms with Gasteiger partial charge < -0.3 is 9.52 Å². The molecule has 0 bridgehead atoms. The molecule has 0 fully saturated rings. The third-order valence-corrected chi connectivity index (χ3v) is 3.96. The van der Waals surface area contributed by atoms with Crippen LogP contribution in [0.2, 0.25) is 0 Å². The predicted molar refractivity (Wildman–Crippen MR) is 79.2 cm³/mol. The summed E-state index contributed by atoms with van der Waals surface area (Å²) in [5.41, 5.74) is 1.99. The lowest BCUT2D eigenvalue weighted by molar-refractivity contribution is 0.0696. The van der Waals surface area contributed by atoms with Crippen LogP contribution in [0, 0.1) is 0 Å². The van der Waals surface area contributed by atoms with E-state index in [0.717, 1.165) is 21.6 Å². The van der Waals surface area contributed by atoms with Gasteiger partial charge in [-0.05, 0) is 23.8 Å². The van der Waals surface area contributed by atoms with Crippen molar-refractivity contribution in [2.24, 2.45) is 0 Å².